The summed E-state index contributed by atoms with van der Waals surface area (Å²) in [6.45, 7) is 6.40. The van der Waals surface area contributed by atoms with Gasteiger partial charge in [0.25, 0.3) is 0 Å². The zero-order chi connectivity index (χ0) is 19.2. The molecule has 1 aliphatic carbocycles. The van der Waals surface area contributed by atoms with Crippen molar-refractivity contribution in [2.45, 2.75) is 69.9 Å². The highest BCUT2D eigenvalue weighted by Gasteiger charge is 2.23. The lowest BCUT2D eigenvalue weighted by Gasteiger charge is -2.33. The molecule has 146 valence electrons. The smallest absolute Gasteiger partial charge is 0.242 e. The molecule has 0 spiro atoms. The van der Waals surface area contributed by atoms with Crippen molar-refractivity contribution in [1.82, 2.24) is 4.90 Å². The van der Waals surface area contributed by atoms with E-state index in [1.165, 1.54) is 19.3 Å². The van der Waals surface area contributed by atoms with E-state index in [1.807, 2.05) is 36.1 Å². The van der Waals surface area contributed by atoms with Crippen LogP contribution in [0, 0.1) is 0 Å². The standard InChI is InChI=1S/C20H32N2O3S/c1-4-22(19-11-6-5-7-12-19)20(23)14-21-18-10-8-9-17(13-18)15-26(24,25)16(2)3/h8-10,13,16,19,21H,4-7,11-12,14-15H2,1-3H3. The summed E-state index contributed by atoms with van der Waals surface area (Å²) in [6.07, 6.45) is 5.87. The Morgan fingerprint density at radius 3 is 2.54 bits per heavy atom. The van der Waals surface area contributed by atoms with Crippen LogP contribution in [-0.4, -0.2) is 43.6 Å². The molecule has 1 amide bonds. The first kappa shape index (κ1) is 20.7. The summed E-state index contributed by atoms with van der Waals surface area (Å²) in [7, 11) is -3.13. The molecule has 26 heavy (non-hydrogen) atoms. The molecule has 1 fully saturated rings. The number of sulfone groups is 1. The first-order chi connectivity index (χ1) is 12.3. The van der Waals surface area contributed by atoms with Gasteiger partial charge in [-0.15, -0.1) is 0 Å². The number of nitrogens with one attached hydrogen (secondary N) is 1. The minimum atomic E-state index is -3.13. The SMILES string of the molecule is CCN(C(=O)CNc1cccc(CS(=O)(=O)C(C)C)c1)C1CCCCC1. The molecular formula is C20H32N2O3S. The van der Waals surface area contributed by atoms with Gasteiger partial charge in [-0.1, -0.05) is 31.4 Å². The highest BCUT2D eigenvalue weighted by Crippen LogP contribution is 2.23. The minimum Gasteiger partial charge on any atom is -0.376 e. The summed E-state index contributed by atoms with van der Waals surface area (Å²) in [5.41, 5.74) is 1.53. The Morgan fingerprint density at radius 2 is 1.92 bits per heavy atom. The van der Waals surface area contributed by atoms with E-state index in [1.54, 1.807) is 13.8 Å². The van der Waals surface area contributed by atoms with Gasteiger partial charge in [-0.3, -0.25) is 4.79 Å². The van der Waals surface area contributed by atoms with E-state index in [2.05, 4.69) is 5.32 Å². The third-order valence-corrected chi connectivity index (χ3v) is 7.31. The molecule has 0 aromatic heterocycles. The Balaban J connectivity index is 1.96. The van der Waals surface area contributed by atoms with Gasteiger partial charge in [0.2, 0.25) is 5.91 Å². The Bertz CT molecular complexity index is 695. The first-order valence-electron chi connectivity index (χ1n) is 9.67. The maximum absolute atomic E-state index is 12.6. The average molecular weight is 381 g/mol. The summed E-state index contributed by atoms with van der Waals surface area (Å²) in [6, 6.07) is 7.70. The van der Waals surface area contributed by atoms with Gasteiger partial charge in [0.15, 0.2) is 9.84 Å². The Kier molecular flexibility index (Phi) is 7.50. The van der Waals surface area contributed by atoms with Crippen molar-refractivity contribution in [3.05, 3.63) is 29.8 Å². The molecule has 0 bridgehead atoms. The second-order valence-corrected chi connectivity index (χ2v) is 9.94. The van der Waals surface area contributed by atoms with Gasteiger partial charge in [-0.05, 0) is 51.3 Å². The Morgan fingerprint density at radius 1 is 1.23 bits per heavy atom. The summed E-state index contributed by atoms with van der Waals surface area (Å²) in [5, 5.41) is 2.77. The first-order valence-corrected chi connectivity index (χ1v) is 11.4. The fourth-order valence-corrected chi connectivity index (χ4v) is 4.46. The summed E-state index contributed by atoms with van der Waals surface area (Å²) in [5.74, 6) is 0.136. The van der Waals surface area contributed by atoms with Crippen LogP contribution < -0.4 is 5.32 Å². The van der Waals surface area contributed by atoms with Crippen LogP contribution in [-0.2, 0) is 20.4 Å². The molecule has 5 nitrogen and oxygen atoms in total. The van der Waals surface area contributed by atoms with Crippen LogP contribution in [0.5, 0.6) is 0 Å². The van der Waals surface area contributed by atoms with E-state index < -0.39 is 15.1 Å². The number of hydrogen-bond donors (Lipinski definition) is 1. The lowest BCUT2D eigenvalue weighted by atomic mass is 9.94. The molecule has 0 radical (unpaired) electrons. The molecule has 2 rings (SSSR count). The quantitative estimate of drug-likeness (QED) is 0.748. The van der Waals surface area contributed by atoms with Crippen LogP contribution in [0.4, 0.5) is 5.69 Å². The van der Waals surface area contributed by atoms with E-state index in [9.17, 15) is 13.2 Å². The molecule has 0 aliphatic heterocycles. The Hall–Kier alpha value is -1.56. The maximum Gasteiger partial charge on any atom is 0.242 e. The highest BCUT2D eigenvalue weighted by molar-refractivity contribution is 7.91. The van der Waals surface area contributed by atoms with Gasteiger partial charge in [0.05, 0.1) is 17.5 Å². The zero-order valence-electron chi connectivity index (χ0n) is 16.2. The van der Waals surface area contributed by atoms with Crippen LogP contribution in [0.25, 0.3) is 0 Å². The maximum atomic E-state index is 12.6. The number of rotatable bonds is 8. The average Bonchev–Trinajstić information content (AvgIpc) is 2.61. The van der Waals surface area contributed by atoms with Crippen LogP contribution in [0.2, 0.25) is 0 Å². The number of carbonyl (C=O) groups excluding carboxylic acids is 1. The number of carbonyl (C=O) groups is 1. The summed E-state index contributed by atoms with van der Waals surface area (Å²) in [4.78, 5) is 14.6. The van der Waals surface area contributed by atoms with Crippen molar-refractivity contribution >= 4 is 21.4 Å². The fraction of sp³-hybridized carbons (Fsp3) is 0.650. The molecule has 1 saturated carbocycles. The lowest BCUT2D eigenvalue weighted by Crippen LogP contribution is -2.43. The van der Waals surface area contributed by atoms with Crippen molar-refractivity contribution in [2.24, 2.45) is 0 Å². The van der Waals surface area contributed by atoms with Crippen LogP contribution >= 0.6 is 0 Å². The molecule has 1 aromatic carbocycles. The molecule has 0 saturated heterocycles. The second kappa shape index (κ2) is 9.40. The number of amides is 1. The molecule has 1 aromatic rings. The molecule has 1 N–H and O–H groups in total. The van der Waals surface area contributed by atoms with E-state index in [4.69, 9.17) is 0 Å². The third kappa shape index (κ3) is 5.73. The van der Waals surface area contributed by atoms with E-state index in [0.717, 1.165) is 30.6 Å². The number of hydrogen-bond acceptors (Lipinski definition) is 4. The number of nitrogens with zero attached hydrogens (tertiary/aromatic N) is 1. The van der Waals surface area contributed by atoms with Crippen LogP contribution in [0.15, 0.2) is 24.3 Å². The van der Waals surface area contributed by atoms with Gasteiger partial charge in [-0.25, -0.2) is 8.42 Å². The molecule has 0 heterocycles. The van der Waals surface area contributed by atoms with E-state index in [0.29, 0.717) is 6.04 Å². The summed E-state index contributed by atoms with van der Waals surface area (Å²) >= 11 is 0. The minimum absolute atomic E-state index is 0.0251. The van der Waals surface area contributed by atoms with E-state index >= 15 is 0 Å². The largest absolute Gasteiger partial charge is 0.376 e. The van der Waals surface area contributed by atoms with Crippen molar-refractivity contribution in [3.8, 4) is 0 Å². The summed E-state index contributed by atoms with van der Waals surface area (Å²) < 4.78 is 24.2. The van der Waals surface area contributed by atoms with Gasteiger partial charge in [0, 0.05) is 18.3 Å². The van der Waals surface area contributed by atoms with Crippen molar-refractivity contribution in [3.63, 3.8) is 0 Å². The van der Waals surface area contributed by atoms with Crippen molar-refractivity contribution in [1.29, 1.82) is 0 Å². The topological polar surface area (TPSA) is 66.5 Å². The van der Waals surface area contributed by atoms with Crippen LogP contribution in [0.1, 0.15) is 58.4 Å². The van der Waals surface area contributed by atoms with Crippen LogP contribution in [0.3, 0.4) is 0 Å². The van der Waals surface area contributed by atoms with Gasteiger partial charge < -0.3 is 10.2 Å². The highest BCUT2D eigenvalue weighted by atomic mass is 32.2. The number of anilines is 1. The normalized spacial score (nSPS) is 15.8. The molecule has 0 unspecified atom stereocenters. The molecule has 0 atom stereocenters. The molecular weight excluding hydrogens is 348 g/mol. The van der Waals surface area contributed by atoms with Crippen molar-refractivity contribution < 1.29 is 13.2 Å². The zero-order valence-corrected chi connectivity index (χ0v) is 17.0. The monoisotopic (exact) mass is 380 g/mol. The molecule has 6 heteroatoms. The third-order valence-electron chi connectivity index (χ3n) is 5.13. The second-order valence-electron chi connectivity index (χ2n) is 7.38. The fourth-order valence-electron chi connectivity index (χ4n) is 3.48. The molecule has 1 aliphatic rings. The number of benzene rings is 1. The van der Waals surface area contributed by atoms with Gasteiger partial charge >= 0.3 is 0 Å². The number of likely N-dealkylation sites (N-methyl/N-ethyl adjacent to an activating group) is 1. The van der Waals surface area contributed by atoms with Gasteiger partial charge in [-0.2, -0.15) is 0 Å². The predicted molar refractivity (Wildman–Crippen MR) is 107 cm³/mol. The van der Waals surface area contributed by atoms with Crippen molar-refractivity contribution in [2.75, 3.05) is 18.4 Å². The van der Waals surface area contributed by atoms with Gasteiger partial charge in [0.1, 0.15) is 0 Å². The Labute approximate surface area is 158 Å². The predicted octanol–water partition coefficient (Wildman–Crippen LogP) is 3.60. The van der Waals surface area contributed by atoms with E-state index in [-0.39, 0.29) is 18.2 Å². The lowest BCUT2D eigenvalue weighted by molar-refractivity contribution is -0.132.